The second kappa shape index (κ2) is 15.4. The second-order valence-electron chi connectivity index (χ2n) is 10.8. The number of ketones is 1. The van der Waals surface area contributed by atoms with Gasteiger partial charge in [0.05, 0.1) is 47.0 Å². The lowest BCUT2D eigenvalue weighted by Gasteiger charge is -2.42. The maximum Gasteiger partial charge on any atom is 0.341 e. The summed E-state index contributed by atoms with van der Waals surface area (Å²) in [6.07, 6.45) is 1.71. The van der Waals surface area contributed by atoms with Gasteiger partial charge in [0.2, 0.25) is 11.7 Å². The molecule has 4 rings (SSSR count). The maximum absolute atomic E-state index is 14.6. The van der Waals surface area contributed by atoms with E-state index in [9.17, 15) is 19.5 Å². The van der Waals surface area contributed by atoms with Crippen LogP contribution in [0.4, 0.5) is 0 Å². The number of para-hydroxylation sites is 1. The highest BCUT2D eigenvalue weighted by molar-refractivity contribution is 6.05. The molecular weight excluding hydrogens is 594 g/mol. The van der Waals surface area contributed by atoms with Gasteiger partial charge in [-0.3, -0.25) is 9.59 Å². The second-order valence-corrected chi connectivity index (χ2v) is 10.8. The van der Waals surface area contributed by atoms with E-state index in [1.54, 1.807) is 61.6 Å². The number of hydrogen-bond donors (Lipinski definition) is 1. The number of carboxylic acid groups (broad SMARTS) is 1. The molecule has 0 aromatic heterocycles. The molecule has 0 aliphatic carbocycles. The molecule has 3 unspecified atom stereocenters. The Morgan fingerprint density at radius 2 is 1.48 bits per heavy atom. The highest BCUT2D eigenvalue weighted by Crippen LogP contribution is 2.43. The average Bonchev–Trinajstić information content (AvgIpc) is 3.09. The molecule has 0 radical (unpaired) electrons. The number of likely N-dealkylation sites (tertiary alicyclic amines) is 1. The molecule has 1 amide bonds. The van der Waals surface area contributed by atoms with Crippen LogP contribution in [-0.2, 0) is 9.59 Å². The lowest BCUT2D eigenvalue weighted by molar-refractivity contribution is -0.139. The average molecular weight is 636 g/mol. The number of carboxylic acids is 1. The van der Waals surface area contributed by atoms with E-state index in [4.69, 9.17) is 28.4 Å². The number of aliphatic carboxylic acids is 1. The van der Waals surface area contributed by atoms with Gasteiger partial charge in [0, 0.05) is 12.5 Å². The molecule has 46 heavy (non-hydrogen) atoms. The van der Waals surface area contributed by atoms with Gasteiger partial charge in [-0.15, -0.1) is 0 Å². The van der Waals surface area contributed by atoms with Crippen LogP contribution in [0.25, 0.3) is 0 Å². The van der Waals surface area contributed by atoms with Gasteiger partial charge < -0.3 is 38.4 Å². The Hall–Kier alpha value is -4.93. The molecule has 0 saturated carbocycles. The molecule has 0 spiro atoms. The molecule has 3 atom stereocenters. The van der Waals surface area contributed by atoms with E-state index in [0.29, 0.717) is 60.1 Å². The number of methoxy groups -OCH3 is 5. The smallest absolute Gasteiger partial charge is 0.341 e. The largest absolute Gasteiger partial charge is 0.493 e. The number of rotatable bonds is 14. The maximum atomic E-state index is 14.6. The van der Waals surface area contributed by atoms with Crippen LogP contribution >= 0.6 is 0 Å². The van der Waals surface area contributed by atoms with Gasteiger partial charge in [-0.25, -0.2) is 4.79 Å². The summed E-state index contributed by atoms with van der Waals surface area (Å²) in [7, 11) is 7.63. The van der Waals surface area contributed by atoms with Crippen molar-refractivity contribution >= 4 is 17.7 Å². The predicted octanol–water partition coefficient (Wildman–Crippen LogP) is 5.34. The summed E-state index contributed by atoms with van der Waals surface area (Å²) >= 11 is 0. The van der Waals surface area contributed by atoms with E-state index in [2.05, 4.69) is 0 Å². The number of piperidine rings is 1. The fraction of sp³-hybridized carbons (Fsp3) is 0.400. The summed E-state index contributed by atoms with van der Waals surface area (Å²) < 4.78 is 33.2. The van der Waals surface area contributed by atoms with Crippen LogP contribution in [0.2, 0.25) is 0 Å². The summed E-state index contributed by atoms with van der Waals surface area (Å²) in [6, 6.07) is 14.6. The van der Waals surface area contributed by atoms with Crippen molar-refractivity contribution in [2.75, 3.05) is 48.7 Å². The zero-order valence-electron chi connectivity index (χ0n) is 27.0. The van der Waals surface area contributed by atoms with Gasteiger partial charge in [-0.05, 0) is 66.8 Å². The predicted molar refractivity (Wildman–Crippen MR) is 170 cm³/mol. The minimum Gasteiger partial charge on any atom is -0.493 e. The Balaban J connectivity index is 1.84. The fourth-order valence-electron chi connectivity index (χ4n) is 6.15. The van der Waals surface area contributed by atoms with Crippen LogP contribution in [0.1, 0.15) is 59.5 Å². The first-order chi connectivity index (χ1) is 22.2. The van der Waals surface area contributed by atoms with E-state index in [1.807, 2.05) is 19.1 Å². The molecule has 3 aromatic rings. The minimum absolute atomic E-state index is 0.135. The van der Waals surface area contributed by atoms with Gasteiger partial charge in [-0.1, -0.05) is 25.1 Å². The lowest BCUT2D eigenvalue weighted by atomic mass is 9.78. The number of benzene rings is 3. The quantitative estimate of drug-likeness (QED) is 0.232. The number of ether oxygens (including phenoxy) is 6. The van der Waals surface area contributed by atoms with E-state index >= 15 is 0 Å². The molecule has 3 aromatic carbocycles. The number of amides is 1. The minimum atomic E-state index is -1.17. The molecule has 1 aliphatic rings. The van der Waals surface area contributed by atoms with E-state index in [1.165, 1.54) is 21.3 Å². The summed E-state index contributed by atoms with van der Waals surface area (Å²) in [5.74, 6) is -0.369. The topological polar surface area (TPSA) is 130 Å². The molecule has 1 saturated heterocycles. The zero-order valence-corrected chi connectivity index (χ0v) is 27.0. The summed E-state index contributed by atoms with van der Waals surface area (Å²) in [4.78, 5) is 42.2. The zero-order chi connectivity index (χ0) is 33.4. The molecule has 246 valence electrons. The van der Waals surface area contributed by atoms with Crippen molar-refractivity contribution in [1.82, 2.24) is 4.90 Å². The lowest BCUT2D eigenvalue weighted by Crippen LogP contribution is -2.53. The summed E-state index contributed by atoms with van der Waals surface area (Å²) in [6.45, 7) is 1.64. The van der Waals surface area contributed by atoms with Crippen molar-refractivity contribution < 1.29 is 47.9 Å². The van der Waals surface area contributed by atoms with Crippen LogP contribution in [0.15, 0.2) is 54.6 Å². The van der Waals surface area contributed by atoms with Crippen molar-refractivity contribution in [2.45, 2.75) is 44.1 Å². The Kier molecular flexibility index (Phi) is 11.3. The van der Waals surface area contributed by atoms with Gasteiger partial charge in [-0.2, -0.15) is 0 Å². The van der Waals surface area contributed by atoms with E-state index in [-0.39, 0.29) is 23.0 Å². The van der Waals surface area contributed by atoms with Crippen molar-refractivity contribution in [3.05, 3.63) is 71.3 Å². The number of Topliss-reactive ketones (excluding diaryl/α,β-unsaturated/α-hetero) is 1. The Labute approximate surface area is 268 Å². The molecule has 1 heterocycles. The van der Waals surface area contributed by atoms with Crippen LogP contribution in [0.5, 0.6) is 34.5 Å². The number of carbonyl (C=O) groups excluding carboxylic acids is 2. The highest BCUT2D eigenvalue weighted by atomic mass is 16.5. The van der Waals surface area contributed by atoms with Crippen LogP contribution in [-0.4, -0.2) is 82.4 Å². The summed E-state index contributed by atoms with van der Waals surface area (Å²) in [5, 5.41) is 9.24. The number of carbonyl (C=O) groups is 3. The molecule has 1 N–H and O–H groups in total. The third-order valence-electron chi connectivity index (χ3n) is 8.32. The first-order valence-electron chi connectivity index (χ1n) is 15.0. The highest BCUT2D eigenvalue weighted by Gasteiger charge is 2.43. The first kappa shape index (κ1) is 34.0. The Bertz CT molecular complexity index is 1530. The molecular formula is C35H41NO10. The van der Waals surface area contributed by atoms with Crippen molar-refractivity contribution in [2.24, 2.45) is 0 Å². The molecule has 1 aliphatic heterocycles. The van der Waals surface area contributed by atoms with Crippen molar-refractivity contribution in [3.63, 3.8) is 0 Å². The van der Waals surface area contributed by atoms with Gasteiger partial charge in [0.25, 0.3) is 0 Å². The number of nitrogens with zero attached hydrogens (tertiary/aromatic N) is 1. The van der Waals surface area contributed by atoms with Crippen molar-refractivity contribution in [3.8, 4) is 34.5 Å². The van der Waals surface area contributed by atoms with Crippen LogP contribution < -0.4 is 28.4 Å². The van der Waals surface area contributed by atoms with Gasteiger partial charge in [0.1, 0.15) is 11.8 Å². The van der Waals surface area contributed by atoms with Gasteiger partial charge in [0.15, 0.2) is 35.4 Å². The monoisotopic (exact) mass is 635 g/mol. The van der Waals surface area contributed by atoms with Crippen molar-refractivity contribution in [1.29, 1.82) is 0 Å². The normalized spacial score (nSPS) is 16.6. The van der Waals surface area contributed by atoms with Crippen LogP contribution in [0, 0.1) is 0 Å². The SMILES string of the molecule is CCC(C(=O)N1CCCC(c2ccc(OC)c(OC)c2)C1C(=O)c1ccccc1OCC(=O)O)c1cc(OC)c(OC)c(OC)c1. The van der Waals surface area contributed by atoms with Crippen LogP contribution in [0.3, 0.4) is 0 Å². The molecule has 1 fully saturated rings. The molecule has 11 heteroatoms. The fourth-order valence-corrected chi connectivity index (χ4v) is 6.15. The van der Waals surface area contributed by atoms with Gasteiger partial charge >= 0.3 is 5.97 Å². The molecule has 11 nitrogen and oxygen atoms in total. The molecule has 0 bridgehead atoms. The third kappa shape index (κ3) is 6.98. The number of hydrogen-bond acceptors (Lipinski definition) is 9. The van der Waals surface area contributed by atoms with E-state index < -0.39 is 30.5 Å². The third-order valence-corrected chi connectivity index (χ3v) is 8.32. The first-order valence-corrected chi connectivity index (χ1v) is 15.0. The summed E-state index contributed by atoms with van der Waals surface area (Å²) in [5.41, 5.74) is 1.66. The van der Waals surface area contributed by atoms with E-state index in [0.717, 1.165) is 5.56 Å². The Morgan fingerprint density at radius 3 is 2.07 bits per heavy atom. The Morgan fingerprint density at radius 1 is 0.826 bits per heavy atom. The standard InChI is InChI=1S/C35H41NO10/c1-7-23(22-18-29(43-4)34(45-6)30(19-22)44-5)35(40)36-16-10-12-24(21-14-15-27(41-2)28(17-21)42-3)32(36)33(39)25-11-8-9-13-26(25)46-20-31(37)38/h8-9,11,13-15,17-19,23-24,32H,7,10,12,16,20H2,1-6H3,(H,37,38).